The summed E-state index contributed by atoms with van der Waals surface area (Å²) in [5.41, 5.74) is -1.39. The molecule has 23 heavy (non-hydrogen) atoms. The Morgan fingerprint density at radius 1 is 0.913 bits per heavy atom. The summed E-state index contributed by atoms with van der Waals surface area (Å²) in [7, 11) is 0. The van der Waals surface area contributed by atoms with Crippen LogP contribution in [0.15, 0.2) is 0 Å². The summed E-state index contributed by atoms with van der Waals surface area (Å²) < 4.78 is 21.4. The monoisotopic (exact) mass is 332 g/mol. The van der Waals surface area contributed by atoms with E-state index >= 15 is 0 Å². The number of carbonyl (C=O) groups is 2. The fourth-order valence-electron chi connectivity index (χ4n) is 1.61. The molecule has 6 heteroatoms. The van der Waals surface area contributed by atoms with E-state index in [-0.39, 0.29) is 30.7 Å². The van der Waals surface area contributed by atoms with Crippen LogP contribution in [0.1, 0.15) is 55.4 Å². The number of carbonyl (C=O) groups excluding carboxylic acids is 2. The highest BCUT2D eigenvalue weighted by atomic mass is 16.6. The smallest absolute Gasteiger partial charge is 0.337 e. The molecular formula is C17H32O6. The normalized spacial score (nSPS) is 13.8. The van der Waals surface area contributed by atoms with Crippen molar-refractivity contribution in [3.05, 3.63) is 0 Å². The van der Waals surface area contributed by atoms with E-state index < -0.39 is 17.7 Å². The van der Waals surface area contributed by atoms with Gasteiger partial charge in [-0.15, -0.1) is 0 Å². The van der Waals surface area contributed by atoms with Crippen molar-refractivity contribution in [1.82, 2.24) is 0 Å². The van der Waals surface area contributed by atoms with Gasteiger partial charge in [-0.05, 0) is 41.5 Å². The van der Waals surface area contributed by atoms with Gasteiger partial charge in [0, 0.05) is 0 Å². The van der Waals surface area contributed by atoms with Crippen molar-refractivity contribution in [2.24, 2.45) is 5.92 Å². The van der Waals surface area contributed by atoms with E-state index in [0.29, 0.717) is 6.61 Å². The van der Waals surface area contributed by atoms with Crippen molar-refractivity contribution in [1.29, 1.82) is 0 Å². The highest BCUT2D eigenvalue weighted by molar-refractivity contribution is 5.78. The Bertz CT molecular complexity index is 381. The van der Waals surface area contributed by atoms with Crippen molar-refractivity contribution in [3.63, 3.8) is 0 Å². The van der Waals surface area contributed by atoms with Crippen LogP contribution in [0, 0.1) is 5.92 Å². The molecule has 0 aromatic heterocycles. The van der Waals surface area contributed by atoms with Crippen molar-refractivity contribution < 1.29 is 28.5 Å². The number of rotatable bonds is 9. The Balaban J connectivity index is 4.18. The minimum atomic E-state index is -1.12. The van der Waals surface area contributed by atoms with Gasteiger partial charge in [0.2, 0.25) is 0 Å². The molecule has 0 aromatic rings. The van der Waals surface area contributed by atoms with Gasteiger partial charge in [-0.25, -0.2) is 4.79 Å². The molecule has 1 atom stereocenters. The molecular weight excluding hydrogens is 300 g/mol. The van der Waals surface area contributed by atoms with Gasteiger partial charge in [0.25, 0.3) is 0 Å². The third-order valence-electron chi connectivity index (χ3n) is 2.77. The number of hydrogen-bond donors (Lipinski definition) is 0. The highest BCUT2D eigenvalue weighted by Crippen LogP contribution is 2.15. The third-order valence-corrected chi connectivity index (χ3v) is 2.77. The van der Waals surface area contributed by atoms with E-state index in [1.54, 1.807) is 34.6 Å². The van der Waals surface area contributed by atoms with Crippen LogP contribution >= 0.6 is 0 Å². The van der Waals surface area contributed by atoms with Crippen molar-refractivity contribution in [3.8, 4) is 0 Å². The molecule has 0 fully saturated rings. The van der Waals surface area contributed by atoms with Crippen LogP contribution < -0.4 is 0 Å². The van der Waals surface area contributed by atoms with Gasteiger partial charge in [-0.2, -0.15) is 0 Å². The highest BCUT2D eigenvalue weighted by Gasteiger charge is 2.32. The Morgan fingerprint density at radius 3 is 1.96 bits per heavy atom. The first-order valence-corrected chi connectivity index (χ1v) is 8.01. The molecule has 0 amide bonds. The number of hydrogen-bond acceptors (Lipinski definition) is 6. The maximum Gasteiger partial charge on any atom is 0.337 e. The summed E-state index contributed by atoms with van der Waals surface area (Å²) in [5.74, 6) is -0.958. The minimum absolute atomic E-state index is 0.0981. The average molecular weight is 332 g/mol. The summed E-state index contributed by atoms with van der Waals surface area (Å²) in [6.45, 7) is 14.9. The quantitative estimate of drug-likeness (QED) is 0.477. The maximum absolute atomic E-state index is 12.1. The molecule has 136 valence electrons. The second-order valence-electron chi connectivity index (χ2n) is 7.32. The molecule has 0 saturated heterocycles. The summed E-state index contributed by atoms with van der Waals surface area (Å²) in [6.07, 6.45) is -0.411. The summed E-state index contributed by atoms with van der Waals surface area (Å²) in [5, 5.41) is 0. The van der Waals surface area contributed by atoms with Crippen LogP contribution in [-0.2, 0) is 28.5 Å². The fraction of sp³-hybridized carbons (Fsp3) is 0.882. The second-order valence-corrected chi connectivity index (χ2v) is 7.32. The van der Waals surface area contributed by atoms with E-state index in [1.807, 2.05) is 20.8 Å². The molecule has 0 rings (SSSR count). The van der Waals surface area contributed by atoms with Gasteiger partial charge in [-0.1, -0.05) is 13.8 Å². The molecule has 0 aliphatic carbocycles. The van der Waals surface area contributed by atoms with Crippen LogP contribution in [0.2, 0.25) is 0 Å². The SMILES string of the molecule is CC(COC(=O)C(C)C)OC(C)(C)C(=O)OCCOC(C)(C)C. The first kappa shape index (κ1) is 21.9. The molecule has 0 spiro atoms. The molecule has 6 nitrogen and oxygen atoms in total. The summed E-state index contributed by atoms with van der Waals surface area (Å²) in [4.78, 5) is 23.5. The van der Waals surface area contributed by atoms with Crippen LogP contribution in [-0.4, -0.2) is 49.1 Å². The van der Waals surface area contributed by atoms with Crippen LogP contribution in [0.25, 0.3) is 0 Å². The van der Waals surface area contributed by atoms with Crippen LogP contribution in [0.4, 0.5) is 0 Å². The molecule has 1 unspecified atom stereocenters. The Morgan fingerprint density at radius 2 is 1.48 bits per heavy atom. The Labute approximate surface area is 139 Å². The standard InChI is InChI=1S/C17H32O6/c1-12(2)14(18)21-11-13(3)23-17(7,8)15(19)20-9-10-22-16(4,5)6/h12-13H,9-11H2,1-8H3. The lowest BCUT2D eigenvalue weighted by Crippen LogP contribution is -2.41. The molecule has 0 bridgehead atoms. The summed E-state index contributed by atoms with van der Waals surface area (Å²) in [6, 6.07) is 0. The van der Waals surface area contributed by atoms with E-state index in [9.17, 15) is 9.59 Å². The lowest BCUT2D eigenvalue weighted by atomic mass is 10.1. The van der Waals surface area contributed by atoms with Gasteiger partial charge in [-0.3, -0.25) is 4.79 Å². The topological polar surface area (TPSA) is 71.1 Å². The average Bonchev–Trinajstić information content (AvgIpc) is 2.38. The lowest BCUT2D eigenvalue weighted by Gasteiger charge is -2.27. The minimum Gasteiger partial charge on any atom is -0.463 e. The van der Waals surface area contributed by atoms with Gasteiger partial charge in [0.1, 0.15) is 13.2 Å². The summed E-state index contributed by atoms with van der Waals surface area (Å²) >= 11 is 0. The zero-order valence-electron chi connectivity index (χ0n) is 15.7. The molecule has 0 N–H and O–H groups in total. The third kappa shape index (κ3) is 10.3. The van der Waals surface area contributed by atoms with Crippen LogP contribution in [0.5, 0.6) is 0 Å². The first-order chi connectivity index (χ1) is 10.3. The Kier molecular flexibility index (Phi) is 8.77. The molecule has 0 aliphatic heterocycles. The number of esters is 2. The number of ether oxygens (including phenoxy) is 4. The Hall–Kier alpha value is -1.14. The molecule has 0 saturated carbocycles. The zero-order chi connectivity index (χ0) is 18.3. The van der Waals surface area contributed by atoms with E-state index in [2.05, 4.69) is 0 Å². The second kappa shape index (κ2) is 9.23. The fourth-order valence-corrected chi connectivity index (χ4v) is 1.61. The van der Waals surface area contributed by atoms with Gasteiger partial charge >= 0.3 is 11.9 Å². The van der Waals surface area contributed by atoms with Crippen molar-refractivity contribution >= 4 is 11.9 Å². The van der Waals surface area contributed by atoms with Crippen LogP contribution in [0.3, 0.4) is 0 Å². The van der Waals surface area contributed by atoms with Crippen molar-refractivity contribution in [2.75, 3.05) is 19.8 Å². The first-order valence-electron chi connectivity index (χ1n) is 8.01. The van der Waals surface area contributed by atoms with Gasteiger partial charge in [0.05, 0.1) is 24.2 Å². The van der Waals surface area contributed by atoms with Gasteiger partial charge in [0.15, 0.2) is 5.60 Å². The largest absolute Gasteiger partial charge is 0.463 e. The maximum atomic E-state index is 12.1. The zero-order valence-corrected chi connectivity index (χ0v) is 15.7. The van der Waals surface area contributed by atoms with E-state index in [1.165, 1.54) is 0 Å². The molecule has 0 radical (unpaired) electrons. The lowest BCUT2D eigenvalue weighted by molar-refractivity contribution is -0.181. The van der Waals surface area contributed by atoms with Crippen molar-refractivity contribution in [2.45, 2.75) is 72.7 Å². The predicted octanol–water partition coefficient (Wildman–Crippen LogP) is 2.73. The predicted molar refractivity (Wildman–Crippen MR) is 87.1 cm³/mol. The van der Waals surface area contributed by atoms with E-state index in [4.69, 9.17) is 18.9 Å². The molecule has 0 heterocycles. The molecule has 0 aromatic carbocycles. The molecule has 0 aliphatic rings. The van der Waals surface area contributed by atoms with E-state index in [0.717, 1.165) is 0 Å². The van der Waals surface area contributed by atoms with Gasteiger partial charge < -0.3 is 18.9 Å².